The molecule has 4 rings (SSSR count). The summed E-state index contributed by atoms with van der Waals surface area (Å²) < 4.78 is 11.2. The van der Waals surface area contributed by atoms with Crippen LogP contribution in [0.15, 0.2) is 36.4 Å². The Morgan fingerprint density at radius 2 is 2.26 bits per heavy atom. The fraction of sp³-hybridized carbons (Fsp3) is 0.412. The number of para-hydroxylation sites is 1. The van der Waals surface area contributed by atoms with E-state index < -0.39 is 17.4 Å². The molecule has 4 atom stereocenters. The van der Waals surface area contributed by atoms with Crippen molar-refractivity contribution in [3.8, 4) is 0 Å². The van der Waals surface area contributed by atoms with Gasteiger partial charge in [-0.2, -0.15) is 0 Å². The number of hydrogen-bond donors (Lipinski definition) is 0. The summed E-state index contributed by atoms with van der Waals surface area (Å²) in [5, 5.41) is 0.503. The third-order valence-electron chi connectivity index (χ3n) is 4.80. The summed E-state index contributed by atoms with van der Waals surface area (Å²) >= 11 is 6.23. The Kier molecular flexibility index (Phi) is 3.25. The average Bonchev–Trinajstić information content (AvgIpc) is 3.16. The largest absolute Gasteiger partial charge is 0.466 e. The first-order chi connectivity index (χ1) is 11.1. The number of fused-ring (bicyclic) bond motifs is 1. The monoisotopic (exact) mass is 333 g/mol. The maximum atomic E-state index is 13.0. The fourth-order valence-electron chi connectivity index (χ4n) is 3.88. The molecule has 2 fully saturated rings. The van der Waals surface area contributed by atoms with Crippen LogP contribution in [0.4, 0.5) is 5.69 Å². The molecular formula is C17H16ClNO4. The van der Waals surface area contributed by atoms with Crippen LogP contribution in [0, 0.1) is 11.8 Å². The smallest absolute Gasteiger partial charge is 0.312 e. The maximum Gasteiger partial charge on any atom is 0.312 e. The summed E-state index contributed by atoms with van der Waals surface area (Å²) in [6, 6.07) is 7.19. The molecule has 120 valence electrons. The Balaban J connectivity index is 1.71. The van der Waals surface area contributed by atoms with E-state index in [0.717, 1.165) is 0 Å². The molecule has 2 saturated heterocycles. The van der Waals surface area contributed by atoms with E-state index >= 15 is 0 Å². The molecule has 5 nitrogen and oxygen atoms in total. The van der Waals surface area contributed by atoms with Crippen LogP contribution in [0.3, 0.4) is 0 Å². The lowest BCUT2D eigenvalue weighted by Crippen LogP contribution is -2.40. The van der Waals surface area contributed by atoms with Crippen molar-refractivity contribution in [3.05, 3.63) is 41.4 Å². The Labute approximate surface area is 138 Å². The van der Waals surface area contributed by atoms with E-state index in [2.05, 4.69) is 0 Å². The lowest BCUT2D eigenvalue weighted by Gasteiger charge is -2.22. The van der Waals surface area contributed by atoms with Crippen molar-refractivity contribution in [2.75, 3.05) is 18.1 Å². The number of halogens is 1. The molecule has 0 radical (unpaired) electrons. The molecule has 1 aromatic carbocycles. The quantitative estimate of drug-likeness (QED) is 0.628. The maximum absolute atomic E-state index is 13.0. The van der Waals surface area contributed by atoms with Crippen LogP contribution >= 0.6 is 11.6 Å². The first kappa shape index (κ1) is 14.7. The molecule has 3 heterocycles. The standard InChI is InChI=1S/C17H16ClNO4/c1-2-22-16(21)13-12-7-8-17(23-12)9-19(15(20)14(13)17)11-6-4-3-5-10(11)18/h3-8,12-14H,2,9H2,1H3/t12-,13-,14-,17+/m0/s1. The number of anilines is 1. The summed E-state index contributed by atoms with van der Waals surface area (Å²) in [6.07, 6.45) is 3.39. The first-order valence-electron chi connectivity index (χ1n) is 7.67. The molecule has 1 spiro atoms. The highest BCUT2D eigenvalue weighted by atomic mass is 35.5. The molecule has 1 amide bonds. The van der Waals surface area contributed by atoms with Gasteiger partial charge in [-0.1, -0.05) is 35.9 Å². The number of nitrogens with zero attached hydrogens (tertiary/aromatic N) is 1. The van der Waals surface area contributed by atoms with Crippen LogP contribution < -0.4 is 4.90 Å². The van der Waals surface area contributed by atoms with Gasteiger partial charge in [0.2, 0.25) is 5.91 Å². The summed E-state index contributed by atoms with van der Waals surface area (Å²) in [6.45, 7) is 2.40. The van der Waals surface area contributed by atoms with E-state index in [1.54, 1.807) is 24.0 Å². The number of amides is 1. The second kappa shape index (κ2) is 5.08. The zero-order valence-corrected chi connectivity index (χ0v) is 13.3. The summed E-state index contributed by atoms with van der Waals surface area (Å²) in [7, 11) is 0. The highest BCUT2D eigenvalue weighted by Gasteiger charge is 2.67. The van der Waals surface area contributed by atoms with Gasteiger partial charge in [-0.15, -0.1) is 0 Å². The lowest BCUT2D eigenvalue weighted by molar-refractivity contribution is -0.151. The van der Waals surface area contributed by atoms with E-state index in [-0.39, 0.29) is 24.6 Å². The molecule has 0 aliphatic carbocycles. The van der Waals surface area contributed by atoms with Crippen molar-refractivity contribution in [3.63, 3.8) is 0 Å². The van der Waals surface area contributed by atoms with Gasteiger partial charge < -0.3 is 14.4 Å². The molecular weight excluding hydrogens is 318 g/mol. The van der Waals surface area contributed by atoms with Gasteiger partial charge in [-0.3, -0.25) is 9.59 Å². The molecule has 0 saturated carbocycles. The molecule has 6 heteroatoms. The van der Waals surface area contributed by atoms with Crippen LogP contribution in [0.2, 0.25) is 5.02 Å². The lowest BCUT2D eigenvalue weighted by atomic mass is 9.77. The van der Waals surface area contributed by atoms with Crippen LogP contribution in [-0.2, 0) is 19.1 Å². The van der Waals surface area contributed by atoms with Crippen molar-refractivity contribution >= 4 is 29.2 Å². The van der Waals surface area contributed by atoms with Gasteiger partial charge in [0.1, 0.15) is 11.5 Å². The second-order valence-electron chi connectivity index (χ2n) is 6.03. The van der Waals surface area contributed by atoms with Crippen LogP contribution in [0.5, 0.6) is 0 Å². The highest BCUT2D eigenvalue weighted by Crippen LogP contribution is 2.53. The van der Waals surface area contributed by atoms with Gasteiger partial charge in [-0.25, -0.2) is 0 Å². The second-order valence-corrected chi connectivity index (χ2v) is 6.44. The van der Waals surface area contributed by atoms with Gasteiger partial charge in [0.25, 0.3) is 0 Å². The number of carbonyl (C=O) groups is 2. The van der Waals surface area contributed by atoms with E-state index in [0.29, 0.717) is 17.3 Å². The van der Waals surface area contributed by atoms with Crippen molar-refractivity contribution in [2.45, 2.75) is 18.6 Å². The van der Waals surface area contributed by atoms with E-state index in [1.807, 2.05) is 24.3 Å². The molecule has 3 aliphatic rings. The van der Waals surface area contributed by atoms with E-state index in [9.17, 15) is 9.59 Å². The Morgan fingerprint density at radius 1 is 1.48 bits per heavy atom. The topological polar surface area (TPSA) is 55.8 Å². The molecule has 3 aliphatic heterocycles. The number of ether oxygens (including phenoxy) is 2. The minimum atomic E-state index is -0.752. The third-order valence-corrected chi connectivity index (χ3v) is 5.12. The van der Waals surface area contributed by atoms with Crippen molar-refractivity contribution in [1.29, 1.82) is 0 Å². The summed E-state index contributed by atoms with van der Waals surface area (Å²) in [5.41, 5.74) is -0.107. The fourth-order valence-corrected chi connectivity index (χ4v) is 4.12. The molecule has 23 heavy (non-hydrogen) atoms. The van der Waals surface area contributed by atoms with E-state index in [1.165, 1.54) is 0 Å². The van der Waals surface area contributed by atoms with Gasteiger partial charge in [0.15, 0.2) is 0 Å². The van der Waals surface area contributed by atoms with Crippen LogP contribution in [0.1, 0.15) is 6.92 Å². The first-order valence-corrected chi connectivity index (χ1v) is 8.05. The Morgan fingerprint density at radius 3 is 3.00 bits per heavy atom. The van der Waals surface area contributed by atoms with Crippen molar-refractivity contribution < 1.29 is 19.1 Å². The number of hydrogen-bond acceptors (Lipinski definition) is 4. The number of rotatable bonds is 3. The number of carbonyl (C=O) groups excluding carboxylic acids is 2. The highest BCUT2D eigenvalue weighted by molar-refractivity contribution is 6.34. The number of esters is 1. The Hall–Kier alpha value is -1.85. The van der Waals surface area contributed by atoms with Crippen LogP contribution in [0.25, 0.3) is 0 Å². The van der Waals surface area contributed by atoms with Gasteiger partial charge in [0.05, 0.1) is 35.9 Å². The predicted octanol–water partition coefficient (Wildman–Crippen LogP) is 2.19. The zero-order chi connectivity index (χ0) is 16.2. The number of benzene rings is 1. The molecule has 2 bridgehead atoms. The normalized spacial score (nSPS) is 34.1. The SMILES string of the molecule is CCOC(=O)[C@H]1[C@@H]2C=C[C@]3(CN(c4ccccc4Cl)C(=O)[C@H]13)O2. The van der Waals surface area contributed by atoms with Crippen molar-refractivity contribution in [1.82, 2.24) is 0 Å². The minimum absolute atomic E-state index is 0.136. The van der Waals surface area contributed by atoms with Gasteiger partial charge in [0, 0.05) is 0 Å². The molecule has 0 N–H and O–H groups in total. The summed E-state index contributed by atoms with van der Waals surface area (Å²) in [5.74, 6) is -1.64. The third kappa shape index (κ3) is 1.96. The van der Waals surface area contributed by atoms with Gasteiger partial charge >= 0.3 is 5.97 Å². The molecule has 1 aromatic rings. The molecule has 0 aromatic heterocycles. The summed E-state index contributed by atoms with van der Waals surface area (Å²) in [4.78, 5) is 26.9. The van der Waals surface area contributed by atoms with Gasteiger partial charge in [-0.05, 0) is 19.1 Å². The van der Waals surface area contributed by atoms with E-state index in [4.69, 9.17) is 21.1 Å². The predicted molar refractivity (Wildman–Crippen MR) is 84.2 cm³/mol. The van der Waals surface area contributed by atoms with Crippen LogP contribution in [-0.4, -0.2) is 36.7 Å². The molecule has 0 unspecified atom stereocenters. The average molecular weight is 334 g/mol. The minimum Gasteiger partial charge on any atom is -0.466 e. The Bertz CT molecular complexity index is 718. The zero-order valence-electron chi connectivity index (χ0n) is 12.6. The van der Waals surface area contributed by atoms with Crippen molar-refractivity contribution in [2.24, 2.45) is 11.8 Å².